The molecule has 1 aromatic rings. The number of hydrogen-bond acceptors (Lipinski definition) is 6. The summed E-state index contributed by atoms with van der Waals surface area (Å²) < 4.78 is 5.58. The SMILES string of the molecule is COCC(CCO)Nc1ncc([N+](=O)[O-])c(C)c1Br. The first-order chi connectivity index (χ1) is 9.01. The van der Waals surface area contributed by atoms with Crippen LogP contribution in [0.4, 0.5) is 11.5 Å². The van der Waals surface area contributed by atoms with Crippen molar-refractivity contribution in [2.24, 2.45) is 0 Å². The van der Waals surface area contributed by atoms with Gasteiger partial charge in [-0.2, -0.15) is 0 Å². The number of hydrogen-bond donors (Lipinski definition) is 2. The molecule has 19 heavy (non-hydrogen) atoms. The summed E-state index contributed by atoms with van der Waals surface area (Å²) in [6.07, 6.45) is 1.71. The second-order valence-corrected chi connectivity index (χ2v) is 4.79. The van der Waals surface area contributed by atoms with E-state index in [9.17, 15) is 10.1 Å². The number of aliphatic hydroxyl groups excluding tert-OH is 1. The molecule has 1 aromatic heterocycles. The van der Waals surface area contributed by atoms with Gasteiger partial charge in [0.05, 0.1) is 22.0 Å². The van der Waals surface area contributed by atoms with Gasteiger partial charge in [-0.1, -0.05) is 0 Å². The second-order valence-electron chi connectivity index (χ2n) is 4.00. The normalized spacial score (nSPS) is 12.2. The molecule has 0 aliphatic rings. The molecule has 106 valence electrons. The molecule has 0 aliphatic heterocycles. The zero-order valence-corrected chi connectivity index (χ0v) is 12.3. The van der Waals surface area contributed by atoms with Crippen molar-refractivity contribution >= 4 is 27.4 Å². The van der Waals surface area contributed by atoms with E-state index in [0.29, 0.717) is 28.9 Å². The molecule has 0 aromatic carbocycles. The minimum absolute atomic E-state index is 0.0185. The van der Waals surface area contributed by atoms with E-state index in [-0.39, 0.29) is 18.3 Å². The van der Waals surface area contributed by atoms with Crippen LogP contribution in [0.15, 0.2) is 10.7 Å². The van der Waals surface area contributed by atoms with Crippen molar-refractivity contribution in [3.63, 3.8) is 0 Å². The number of aromatic nitrogens is 1. The van der Waals surface area contributed by atoms with Gasteiger partial charge in [-0.15, -0.1) is 0 Å². The number of aliphatic hydroxyl groups is 1. The Morgan fingerprint density at radius 2 is 2.37 bits per heavy atom. The van der Waals surface area contributed by atoms with Crippen molar-refractivity contribution in [2.75, 3.05) is 25.6 Å². The lowest BCUT2D eigenvalue weighted by atomic mass is 10.2. The van der Waals surface area contributed by atoms with Gasteiger partial charge < -0.3 is 15.2 Å². The Bertz CT molecular complexity index is 450. The van der Waals surface area contributed by atoms with Crippen LogP contribution in [0.2, 0.25) is 0 Å². The molecule has 1 rings (SSSR count). The molecule has 0 spiro atoms. The quantitative estimate of drug-likeness (QED) is 0.584. The number of pyridine rings is 1. The summed E-state index contributed by atoms with van der Waals surface area (Å²) in [4.78, 5) is 14.3. The largest absolute Gasteiger partial charge is 0.396 e. The lowest BCUT2D eigenvalue weighted by Gasteiger charge is -2.18. The lowest BCUT2D eigenvalue weighted by molar-refractivity contribution is -0.385. The van der Waals surface area contributed by atoms with E-state index < -0.39 is 4.92 Å². The number of rotatable bonds is 7. The van der Waals surface area contributed by atoms with Gasteiger partial charge in [0.2, 0.25) is 0 Å². The molecule has 0 saturated heterocycles. The summed E-state index contributed by atoms with van der Waals surface area (Å²) in [6, 6.07) is -0.111. The Kier molecular flexibility index (Phi) is 6.13. The Morgan fingerprint density at radius 3 is 2.89 bits per heavy atom. The molecule has 1 unspecified atom stereocenters. The van der Waals surface area contributed by atoms with E-state index in [1.165, 1.54) is 6.20 Å². The number of anilines is 1. The fraction of sp³-hybridized carbons (Fsp3) is 0.545. The van der Waals surface area contributed by atoms with Gasteiger partial charge in [0, 0.05) is 19.3 Å². The monoisotopic (exact) mass is 333 g/mol. The van der Waals surface area contributed by atoms with Gasteiger partial charge in [0.1, 0.15) is 12.0 Å². The number of halogens is 1. The third-order valence-electron chi connectivity index (χ3n) is 2.62. The predicted molar refractivity (Wildman–Crippen MR) is 74.3 cm³/mol. The average Bonchev–Trinajstić information content (AvgIpc) is 2.35. The fourth-order valence-electron chi connectivity index (χ4n) is 1.60. The van der Waals surface area contributed by atoms with E-state index in [0.717, 1.165) is 0 Å². The van der Waals surface area contributed by atoms with Crippen LogP contribution in [0.25, 0.3) is 0 Å². The molecule has 1 heterocycles. The zero-order chi connectivity index (χ0) is 14.4. The highest BCUT2D eigenvalue weighted by Gasteiger charge is 2.19. The first-order valence-corrected chi connectivity index (χ1v) is 6.46. The Hall–Kier alpha value is -1.25. The van der Waals surface area contributed by atoms with Crippen LogP contribution >= 0.6 is 15.9 Å². The molecule has 7 nitrogen and oxygen atoms in total. The van der Waals surface area contributed by atoms with Gasteiger partial charge in [-0.05, 0) is 29.3 Å². The maximum atomic E-state index is 10.8. The molecule has 0 bridgehead atoms. The summed E-state index contributed by atoms with van der Waals surface area (Å²) in [6.45, 7) is 2.07. The maximum Gasteiger partial charge on any atom is 0.291 e. The lowest BCUT2D eigenvalue weighted by Crippen LogP contribution is -2.27. The zero-order valence-electron chi connectivity index (χ0n) is 10.7. The first kappa shape index (κ1) is 15.8. The van der Waals surface area contributed by atoms with Crippen LogP contribution in [-0.4, -0.2) is 41.4 Å². The van der Waals surface area contributed by atoms with Crippen LogP contribution in [-0.2, 0) is 4.74 Å². The van der Waals surface area contributed by atoms with Crippen molar-refractivity contribution in [3.8, 4) is 0 Å². The van der Waals surface area contributed by atoms with Crippen LogP contribution in [0.1, 0.15) is 12.0 Å². The summed E-state index contributed by atoms with van der Waals surface area (Å²) in [5, 5.41) is 22.8. The number of methoxy groups -OCH3 is 1. The molecule has 0 amide bonds. The van der Waals surface area contributed by atoms with E-state index >= 15 is 0 Å². The number of ether oxygens (including phenoxy) is 1. The molecule has 0 radical (unpaired) electrons. The maximum absolute atomic E-state index is 10.8. The van der Waals surface area contributed by atoms with E-state index in [1.54, 1.807) is 14.0 Å². The van der Waals surface area contributed by atoms with Crippen molar-refractivity contribution in [1.29, 1.82) is 0 Å². The van der Waals surface area contributed by atoms with Crippen molar-refractivity contribution in [2.45, 2.75) is 19.4 Å². The van der Waals surface area contributed by atoms with E-state index in [1.807, 2.05) is 0 Å². The molecule has 0 aliphatic carbocycles. The van der Waals surface area contributed by atoms with Crippen molar-refractivity contribution < 1.29 is 14.8 Å². The van der Waals surface area contributed by atoms with Crippen molar-refractivity contribution in [3.05, 3.63) is 26.3 Å². The third-order valence-corrected chi connectivity index (χ3v) is 3.59. The molecule has 8 heteroatoms. The topological polar surface area (TPSA) is 97.5 Å². The summed E-state index contributed by atoms with van der Waals surface area (Å²) in [5.41, 5.74) is 0.463. The van der Waals surface area contributed by atoms with Crippen LogP contribution in [0, 0.1) is 17.0 Å². The second kappa shape index (κ2) is 7.37. The van der Waals surface area contributed by atoms with Crippen LogP contribution < -0.4 is 5.32 Å². The minimum atomic E-state index is -0.475. The molecule has 1 atom stereocenters. The fourth-order valence-corrected chi connectivity index (χ4v) is 2.02. The number of nitrogens with zero attached hydrogens (tertiary/aromatic N) is 2. The van der Waals surface area contributed by atoms with Gasteiger partial charge in [0.25, 0.3) is 5.69 Å². The third kappa shape index (κ3) is 4.12. The van der Waals surface area contributed by atoms with Gasteiger partial charge >= 0.3 is 0 Å². The number of nitro groups is 1. The standard InChI is InChI=1S/C11H16BrN3O4/c1-7-9(15(17)18)5-13-11(10(7)12)14-8(3-4-16)6-19-2/h5,8,16H,3-4,6H2,1-2H3,(H,13,14). The average molecular weight is 334 g/mol. The van der Waals surface area contributed by atoms with E-state index in [4.69, 9.17) is 9.84 Å². The molecule has 0 saturated carbocycles. The Labute approximate surface area is 119 Å². The number of nitrogens with one attached hydrogen (secondary N) is 1. The smallest absolute Gasteiger partial charge is 0.291 e. The van der Waals surface area contributed by atoms with Crippen LogP contribution in [0.5, 0.6) is 0 Å². The summed E-state index contributed by atoms with van der Waals surface area (Å²) in [5.74, 6) is 0.499. The van der Waals surface area contributed by atoms with Gasteiger partial charge in [-0.25, -0.2) is 4.98 Å². The predicted octanol–water partition coefficient (Wildman–Crippen LogP) is 1.87. The molecule has 2 N–H and O–H groups in total. The molecular weight excluding hydrogens is 318 g/mol. The summed E-state index contributed by atoms with van der Waals surface area (Å²) in [7, 11) is 1.57. The van der Waals surface area contributed by atoms with Crippen molar-refractivity contribution in [1.82, 2.24) is 4.98 Å². The first-order valence-electron chi connectivity index (χ1n) is 5.67. The summed E-state index contributed by atoms with van der Waals surface area (Å²) >= 11 is 3.30. The Morgan fingerprint density at radius 1 is 1.68 bits per heavy atom. The van der Waals surface area contributed by atoms with Crippen LogP contribution in [0.3, 0.4) is 0 Å². The minimum Gasteiger partial charge on any atom is -0.396 e. The highest BCUT2D eigenvalue weighted by atomic mass is 79.9. The molecular formula is C11H16BrN3O4. The Balaban J connectivity index is 2.95. The molecule has 0 fully saturated rings. The highest BCUT2D eigenvalue weighted by Crippen LogP contribution is 2.30. The van der Waals surface area contributed by atoms with E-state index in [2.05, 4.69) is 26.2 Å². The van der Waals surface area contributed by atoms with Gasteiger partial charge in [-0.3, -0.25) is 10.1 Å². The van der Waals surface area contributed by atoms with Gasteiger partial charge in [0.15, 0.2) is 0 Å². The highest BCUT2D eigenvalue weighted by molar-refractivity contribution is 9.10.